The molecule has 1 atom stereocenters. The van der Waals surface area contributed by atoms with E-state index in [1.165, 1.54) is 12.4 Å². The number of hydrogen-bond donors (Lipinski definition) is 1. The summed E-state index contributed by atoms with van der Waals surface area (Å²) in [5.74, 6) is -0.112. The van der Waals surface area contributed by atoms with Crippen molar-refractivity contribution in [1.82, 2.24) is 9.97 Å². The van der Waals surface area contributed by atoms with Gasteiger partial charge in [0, 0.05) is 46.3 Å². The van der Waals surface area contributed by atoms with Crippen LogP contribution in [0.5, 0.6) is 0 Å². The Morgan fingerprint density at radius 2 is 1.85 bits per heavy atom. The lowest BCUT2D eigenvalue weighted by atomic mass is 10.0. The third-order valence-corrected chi connectivity index (χ3v) is 5.52. The molecule has 1 N–H and O–H groups in total. The SMILES string of the molecule is C[C@H]1c2c1c1oc2c(C(=O)Nc2ccc(Cl)c(Cl)c2)c1-c1cnc(F)nc1. The molecule has 5 rings (SSSR count). The Morgan fingerprint density at radius 1 is 1.15 bits per heavy atom. The molecule has 27 heavy (non-hydrogen) atoms. The van der Waals surface area contributed by atoms with Gasteiger partial charge in [0.2, 0.25) is 0 Å². The number of amides is 1. The summed E-state index contributed by atoms with van der Waals surface area (Å²) in [6.07, 6.45) is 1.85. The second-order valence-electron chi connectivity index (χ2n) is 6.38. The summed E-state index contributed by atoms with van der Waals surface area (Å²) in [7, 11) is 0. The monoisotopic (exact) mass is 401 g/mol. The van der Waals surface area contributed by atoms with Crippen LogP contribution in [0, 0.1) is 6.08 Å². The van der Waals surface area contributed by atoms with Crippen LogP contribution in [0.15, 0.2) is 35.0 Å². The summed E-state index contributed by atoms with van der Waals surface area (Å²) in [6, 6.07) is 4.83. The van der Waals surface area contributed by atoms with E-state index in [0.717, 1.165) is 11.1 Å². The van der Waals surface area contributed by atoms with Crippen molar-refractivity contribution < 1.29 is 13.6 Å². The van der Waals surface area contributed by atoms with Crippen molar-refractivity contribution in [3.8, 4) is 11.1 Å². The number of rotatable bonds is 3. The van der Waals surface area contributed by atoms with Crippen LogP contribution in [0.4, 0.5) is 10.1 Å². The van der Waals surface area contributed by atoms with Gasteiger partial charge in [0.05, 0.1) is 15.6 Å². The number of carbonyl (C=O) groups is 1. The minimum absolute atomic E-state index is 0.246. The second kappa shape index (κ2) is 5.65. The van der Waals surface area contributed by atoms with E-state index in [9.17, 15) is 9.18 Å². The largest absolute Gasteiger partial charge is 0.455 e. The zero-order valence-corrected chi connectivity index (χ0v) is 15.3. The Balaban J connectivity index is 1.61. The zero-order valence-electron chi connectivity index (χ0n) is 13.8. The van der Waals surface area contributed by atoms with Gasteiger partial charge in [-0.15, -0.1) is 0 Å². The van der Waals surface area contributed by atoms with Crippen molar-refractivity contribution in [3.63, 3.8) is 0 Å². The van der Waals surface area contributed by atoms with Crippen molar-refractivity contribution in [2.45, 2.75) is 12.8 Å². The lowest BCUT2D eigenvalue weighted by Gasteiger charge is -2.08. The predicted molar refractivity (Wildman–Crippen MR) is 100 cm³/mol. The number of aromatic nitrogens is 2. The van der Waals surface area contributed by atoms with Gasteiger partial charge < -0.3 is 9.73 Å². The zero-order chi connectivity index (χ0) is 18.9. The molecule has 0 radical (unpaired) electrons. The van der Waals surface area contributed by atoms with Gasteiger partial charge in [-0.05, 0) is 18.2 Å². The van der Waals surface area contributed by atoms with Crippen LogP contribution in [0.1, 0.15) is 34.3 Å². The van der Waals surface area contributed by atoms with Crippen molar-refractivity contribution in [1.29, 1.82) is 0 Å². The van der Waals surface area contributed by atoms with Crippen molar-refractivity contribution in [3.05, 3.63) is 63.4 Å². The molecule has 3 aromatic heterocycles. The normalized spacial score (nSPS) is 15.2. The van der Waals surface area contributed by atoms with E-state index in [0.29, 0.717) is 43.6 Å². The highest BCUT2D eigenvalue weighted by Crippen LogP contribution is 2.57. The number of halogens is 3. The maximum absolute atomic E-state index is 13.1. The molecule has 4 aromatic rings. The minimum Gasteiger partial charge on any atom is -0.455 e. The molecule has 1 aliphatic rings. The van der Waals surface area contributed by atoms with Gasteiger partial charge in [-0.3, -0.25) is 4.79 Å². The molecule has 0 spiro atoms. The summed E-state index contributed by atoms with van der Waals surface area (Å²) >= 11 is 11.9. The smallest absolute Gasteiger partial charge is 0.308 e. The molecule has 0 saturated heterocycles. The highest BCUT2D eigenvalue weighted by Gasteiger charge is 2.44. The number of benzene rings is 2. The third kappa shape index (κ3) is 2.40. The summed E-state index contributed by atoms with van der Waals surface area (Å²) in [5.41, 5.74) is 5.27. The molecule has 1 aliphatic carbocycles. The summed E-state index contributed by atoms with van der Waals surface area (Å²) in [6.45, 7) is 2.05. The Kier molecular flexibility index (Phi) is 3.44. The standard InChI is InChI=1S/C19H10Cl2FN3O2/c1-7-12-13(7)17-15(18(26)25-9-2-3-10(20)11(21)4-9)14(16(12)27-17)8-5-23-19(22)24-6-8/h2-7H,1H3,(H,25,26)/t7-/m1/s1. The van der Waals surface area contributed by atoms with E-state index in [1.807, 2.05) is 6.92 Å². The number of furan rings is 2. The molecule has 0 aliphatic heterocycles. The molecule has 0 unspecified atom stereocenters. The fourth-order valence-corrected chi connectivity index (χ4v) is 3.78. The quantitative estimate of drug-likeness (QED) is 0.460. The molecule has 2 bridgehead atoms. The van der Waals surface area contributed by atoms with E-state index in [2.05, 4.69) is 15.3 Å². The Morgan fingerprint density at radius 3 is 2.56 bits per heavy atom. The van der Waals surface area contributed by atoms with Crippen LogP contribution >= 0.6 is 23.2 Å². The van der Waals surface area contributed by atoms with Gasteiger partial charge in [0.25, 0.3) is 5.91 Å². The van der Waals surface area contributed by atoms with Crippen LogP contribution in [0.25, 0.3) is 22.3 Å². The second-order valence-corrected chi connectivity index (χ2v) is 7.20. The molecule has 0 fully saturated rings. The van der Waals surface area contributed by atoms with E-state index < -0.39 is 6.08 Å². The van der Waals surface area contributed by atoms with Crippen LogP contribution in [-0.4, -0.2) is 15.9 Å². The number of nitrogens with zero attached hydrogens (tertiary/aromatic N) is 2. The van der Waals surface area contributed by atoms with Crippen LogP contribution in [-0.2, 0) is 0 Å². The Bertz CT molecular complexity index is 1220. The number of hydrogen-bond acceptors (Lipinski definition) is 4. The van der Waals surface area contributed by atoms with E-state index in [4.69, 9.17) is 27.6 Å². The number of anilines is 1. The van der Waals surface area contributed by atoms with Gasteiger partial charge in [-0.1, -0.05) is 30.1 Å². The lowest BCUT2D eigenvalue weighted by Crippen LogP contribution is -2.13. The van der Waals surface area contributed by atoms with Crippen LogP contribution in [0.2, 0.25) is 10.0 Å². The molecular formula is C19H10Cl2FN3O2. The van der Waals surface area contributed by atoms with Gasteiger partial charge in [-0.25, -0.2) is 9.97 Å². The van der Waals surface area contributed by atoms with Crippen molar-refractivity contribution >= 4 is 46.0 Å². The number of nitrogens with one attached hydrogen (secondary N) is 1. The first-order chi connectivity index (χ1) is 13.0. The molecule has 1 aromatic carbocycles. The molecular weight excluding hydrogens is 392 g/mol. The predicted octanol–water partition coefficient (Wildman–Crippen LogP) is 5.49. The van der Waals surface area contributed by atoms with Gasteiger partial charge in [0.15, 0.2) is 0 Å². The third-order valence-electron chi connectivity index (χ3n) is 4.78. The Labute approximate surface area is 162 Å². The maximum atomic E-state index is 13.1. The Hall–Kier alpha value is -2.70. The fourth-order valence-electron chi connectivity index (χ4n) is 3.49. The molecule has 5 nitrogen and oxygen atoms in total. The van der Waals surface area contributed by atoms with E-state index >= 15 is 0 Å². The van der Waals surface area contributed by atoms with Gasteiger partial charge in [0.1, 0.15) is 11.2 Å². The molecule has 0 saturated carbocycles. The van der Waals surface area contributed by atoms with Crippen molar-refractivity contribution in [2.75, 3.05) is 5.32 Å². The summed E-state index contributed by atoms with van der Waals surface area (Å²) in [5, 5.41) is 3.54. The van der Waals surface area contributed by atoms with Gasteiger partial charge in [-0.2, -0.15) is 4.39 Å². The highest BCUT2D eigenvalue weighted by atomic mass is 35.5. The summed E-state index contributed by atoms with van der Waals surface area (Å²) < 4.78 is 19.0. The van der Waals surface area contributed by atoms with Crippen molar-refractivity contribution in [2.24, 2.45) is 0 Å². The van der Waals surface area contributed by atoms with Crippen LogP contribution in [0.3, 0.4) is 0 Å². The average molecular weight is 402 g/mol. The number of fused-ring (bicyclic) bond motifs is 5. The average Bonchev–Trinajstić information content (AvgIpc) is 3.01. The maximum Gasteiger partial charge on any atom is 0.308 e. The first-order valence-corrected chi connectivity index (χ1v) is 8.87. The molecule has 3 heterocycles. The molecule has 1 amide bonds. The molecule has 8 heteroatoms. The van der Waals surface area contributed by atoms with E-state index in [1.54, 1.807) is 18.2 Å². The van der Waals surface area contributed by atoms with Crippen LogP contribution < -0.4 is 5.32 Å². The first-order valence-electron chi connectivity index (χ1n) is 8.11. The highest BCUT2D eigenvalue weighted by molar-refractivity contribution is 6.42. The van der Waals surface area contributed by atoms with Gasteiger partial charge >= 0.3 is 6.08 Å². The lowest BCUT2D eigenvalue weighted by molar-refractivity contribution is 0.102. The summed E-state index contributed by atoms with van der Waals surface area (Å²) in [4.78, 5) is 20.2. The first kappa shape index (κ1) is 16.5. The number of carbonyl (C=O) groups excluding carboxylic acids is 1. The van der Waals surface area contributed by atoms with E-state index in [-0.39, 0.29) is 11.8 Å². The minimum atomic E-state index is -0.831. The topological polar surface area (TPSA) is 68.0 Å². The fraction of sp³-hybridized carbons (Fsp3) is 0.105. The molecule has 134 valence electrons.